The molecule has 1 heterocycles. The normalized spacial score (nSPS) is 20.1. The van der Waals surface area contributed by atoms with Crippen molar-refractivity contribution in [1.29, 1.82) is 0 Å². The van der Waals surface area contributed by atoms with Crippen LogP contribution in [0.25, 0.3) is 0 Å². The highest BCUT2D eigenvalue weighted by Crippen LogP contribution is 2.30. The molecule has 1 aromatic rings. The van der Waals surface area contributed by atoms with Crippen LogP contribution in [-0.2, 0) is 0 Å². The van der Waals surface area contributed by atoms with Gasteiger partial charge in [0.15, 0.2) is 0 Å². The number of benzene rings is 1. The molecular weight excluding hydrogens is 274 g/mol. The number of anilines is 1. The molecule has 1 aliphatic heterocycles. The highest BCUT2D eigenvalue weighted by Gasteiger charge is 2.28. The minimum atomic E-state index is -0.00364. The van der Waals surface area contributed by atoms with Gasteiger partial charge in [0, 0.05) is 32.7 Å². The number of carbonyl (C=O) groups is 1. The summed E-state index contributed by atoms with van der Waals surface area (Å²) in [4.78, 5) is 16.8. The first-order chi connectivity index (χ1) is 9.65. The summed E-state index contributed by atoms with van der Waals surface area (Å²) in [6.07, 6.45) is 2.75. The molecule has 20 heavy (non-hydrogen) atoms. The van der Waals surface area contributed by atoms with Crippen molar-refractivity contribution in [2.24, 2.45) is 5.92 Å². The molecule has 1 amide bonds. The standard InChI is InChI=1S/C15H20ClN3O/c16-13-3-1-2-12(14(13)17)15(20)19-8-6-18(7-9-19)10-11-4-5-11/h1-3,11H,4-10,17H2. The number of hydrogen-bond donors (Lipinski definition) is 1. The number of rotatable bonds is 3. The average Bonchev–Trinajstić information content (AvgIpc) is 3.26. The first-order valence-electron chi connectivity index (χ1n) is 7.21. The Balaban J connectivity index is 1.62. The smallest absolute Gasteiger partial charge is 0.256 e. The Morgan fingerprint density at radius 1 is 1.25 bits per heavy atom. The number of nitrogen functional groups attached to an aromatic ring is 1. The summed E-state index contributed by atoms with van der Waals surface area (Å²) in [5, 5.41) is 0.447. The SMILES string of the molecule is Nc1c(Cl)cccc1C(=O)N1CCN(CC2CC2)CC1. The van der Waals surface area contributed by atoms with Gasteiger partial charge in [-0.3, -0.25) is 9.69 Å². The summed E-state index contributed by atoms with van der Waals surface area (Å²) < 4.78 is 0. The Hall–Kier alpha value is -1.26. The highest BCUT2D eigenvalue weighted by atomic mass is 35.5. The zero-order chi connectivity index (χ0) is 14.1. The summed E-state index contributed by atoms with van der Waals surface area (Å²) in [6.45, 7) is 4.67. The fourth-order valence-electron chi connectivity index (χ4n) is 2.69. The van der Waals surface area contributed by atoms with E-state index in [1.54, 1.807) is 18.2 Å². The van der Waals surface area contributed by atoms with E-state index in [0.717, 1.165) is 32.1 Å². The molecule has 4 nitrogen and oxygen atoms in total. The summed E-state index contributed by atoms with van der Waals surface area (Å²) in [7, 11) is 0. The van der Waals surface area contributed by atoms with Crippen molar-refractivity contribution in [3.05, 3.63) is 28.8 Å². The van der Waals surface area contributed by atoms with E-state index in [2.05, 4.69) is 4.90 Å². The van der Waals surface area contributed by atoms with Crippen LogP contribution in [0.4, 0.5) is 5.69 Å². The van der Waals surface area contributed by atoms with Gasteiger partial charge in [0.05, 0.1) is 16.3 Å². The molecule has 1 saturated heterocycles. The fraction of sp³-hybridized carbons (Fsp3) is 0.533. The van der Waals surface area contributed by atoms with E-state index in [9.17, 15) is 4.79 Å². The second-order valence-electron chi connectivity index (χ2n) is 5.74. The minimum absolute atomic E-state index is 0.00364. The number of carbonyl (C=O) groups excluding carboxylic acids is 1. The van der Waals surface area contributed by atoms with Gasteiger partial charge < -0.3 is 10.6 Å². The van der Waals surface area contributed by atoms with Crippen molar-refractivity contribution in [1.82, 2.24) is 9.80 Å². The van der Waals surface area contributed by atoms with Gasteiger partial charge in [0.25, 0.3) is 5.91 Å². The molecule has 1 aliphatic carbocycles. The average molecular weight is 294 g/mol. The van der Waals surface area contributed by atoms with Crippen molar-refractivity contribution in [3.8, 4) is 0 Å². The van der Waals surface area contributed by atoms with Gasteiger partial charge in [-0.2, -0.15) is 0 Å². The predicted octanol–water partition coefficient (Wildman–Crippen LogP) is 2.09. The molecule has 3 rings (SSSR count). The fourth-order valence-corrected chi connectivity index (χ4v) is 2.87. The van der Waals surface area contributed by atoms with Crippen LogP contribution in [0.1, 0.15) is 23.2 Å². The van der Waals surface area contributed by atoms with Gasteiger partial charge in [-0.15, -0.1) is 0 Å². The van der Waals surface area contributed by atoms with Gasteiger partial charge >= 0.3 is 0 Å². The van der Waals surface area contributed by atoms with Crippen LogP contribution in [0.15, 0.2) is 18.2 Å². The summed E-state index contributed by atoms with van der Waals surface area (Å²) >= 11 is 5.98. The number of para-hydroxylation sites is 1. The van der Waals surface area contributed by atoms with Crippen LogP contribution >= 0.6 is 11.6 Å². The van der Waals surface area contributed by atoms with Crippen LogP contribution in [-0.4, -0.2) is 48.4 Å². The predicted molar refractivity (Wildman–Crippen MR) is 80.9 cm³/mol. The summed E-state index contributed by atoms with van der Waals surface area (Å²) in [6, 6.07) is 5.23. The molecule has 1 aromatic carbocycles. The van der Waals surface area contributed by atoms with E-state index in [1.807, 2.05) is 4.90 Å². The molecule has 0 spiro atoms. The third-order valence-electron chi connectivity index (χ3n) is 4.16. The monoisotopic (exact) mass is 293 g/mol. The molecule has 2 fully saturated rings. The topological polar surface area (TPSA) is 49.6 Å². The van der Waals surface area contributed by atoms with Gasteiger partial charge in [-0.1, -0.05) is 17.7 Å². The number of nitrogens with two attached hydrogens (primary N) is 1. The van der Waals surface area contributed by atoms with E-state index in [0.29, 0.717) is 16.3 Å². The lowest BCUT2D eigenvalue weighted by Gasteiger charge is -2.35. The zero-order valence-corrected chi connectivity index (χ0v) is 12.3. The second kappa shape index (κ2) is 5.62. The van der Waals surface area contributed by atoms with Gasteiger partial charge in [-0.05, 0) is 30.9 Å². The van der Waals surface area contributed by atoms with Crippen LogP contribution in [0.3, 0.4) is 0 Å². The Labute approximate surface area is 124 Å². The van der Waals surface area contributed by atoms with Crippen molar-refractivity contribution >= 4 is 23.2 Å². The minimum Gasteiger partial charge on any atom is -0.397 e. The lowest BCUT2D eigenvalue weighted by atomic mass is 10.1. The largest absolute Gasteiger partial charge is 0.397 e. The lowest BCUT2D eigenvalue weighted by molar-refractivity contribution is 0.0633. The molecule has 0 radical (unpaired) electrons. The number of hydrogen-bond acceptors (Lipinski definition) is 3. The van der Waals surface area contributed by atoms with E-state index in [-0.39, 0.29) is 5.91 Å². The highest BCUT2D eigenvalue weighted by molar-refractivity contribution is 6.33. The Morgan fingerprint density at radius 2 is 1.95 bits per heavy atom. The summed E-state index contributed by atoms with van der Waals surface area (Å²) in [5.74, 6) is 0.900. The van der Waals surface area contributed by atoms with E-state index in [1.165, 1.54) is 19.4 Å². The lowest BCUT2D eigenvalue weighted by Crippen LogP contribution is -2.49. The molecule has 1 saturated carbocycles. The van der Waals surface area contributed by atoms with E-state index >= 15 is 0 Å². The van der Waals surface area contributed by atoms with Crippen molar-refractivity contribution in [3.63, 3.8) is 0 Å². The number of piperazine rings is 1. The van der Waals surface area contributed by atoms with E-state index in [4.69, 9.17) is 17.3 Å². The van der Waals surface area contributed by atoms with Crippen LogP contribution < -0.4 is 5.73 Å². The molecule has 0 atom stereocenters. The maximum atomic E-state index is 12.5. The molecule has 108 valence electrons. The Kier molecular flexibility index (Phi) is 3.85. The third-order valence-corrected chi connectivity index (χ3v) is 4.49. The van der Waals surface area contributed by atoms with Crippen molar-refractivity contribution in [2.45, 2.75) is 12.8 Å². The van der Waals surface area contributed by atoms with Crippen LogP contribution in [0.5, 0.6) is 0 Å². The molecule has 2 aliphatic rings. The molecule has 0 unspecified atom stereocenters. The van der Waals surface area contributed by atoms with Crippen molar-refractivity contribution < 1.29 is 4.79 Å². The molecule has 0 aromatic heterocycles. The number of halogens is 1. The van der Waals surface area contributed by atoms with Crippen molar-refractivity contribution in [2.75, 3.05) is 38.5 Å². The molecule has 2 N–H and O–H groups in total. The first kappa shape index (κ1) is 13.7. The Bertz CT molecular complexity index is 508. The number of amides is 1. The van der Waals surface area contributed by atoms with Gasteiger partial charge in [0.2, 0.25) is 0 Å². The third kappa shape index (κ3) is 2.91. The maximum Gasteiger partial charge on any atom is 0.256 e. The first-order valence-corrected chi connectivity index (χ1v) is 7.58. The van der Waals surface area contributed by atoms with Gasteiger partial charge in [0.1, 0.15) is 0 Å². The summed E-state index contributed by atoms with van der Waals surface area (Å²) in [5.41, 5.74) is 6.81. The maximum absolute atomic E-state index is 12.5. The van der Waals surface area contributed by atoms with Crippen LogP contribution in [0.2, 0.25) is 5.02 Å². The Morgan fingerprint density at radius 3 is 2.60 bits per heavy atom. The zero-order valence-electron chi connectivity index (χ0n) is 11.5. The molecule has 0 bridgehead atoms. The van der Waals surface area contributed by atoms with Gasteiger partial charge in [-0.25, -0.2) is 0 Å². The number of nitrogens with zero attached hydrogens (tertiary/aromatic N) is 2. The quantitative estimate of drug-likeness (QED) is 0.868. The van der Waals surface area contributed by atoms with Crippen LogP contribution in [0, 0.1) is 5.92 Å². The van der Waals surface area contributed by atoms with E-state index < -0.39 is 0 Å². The molecule has 5 heteroatoms. The second-order valence-corrected chi connectivity index (χ2v) is 6.14. The molecular formula is C15H20ClN3O.